The van der Waals surface area contributed by atoms with Gasteiger partial charge in [0.15, 0.2) is 11.6 Å². The number of rotatable bonds is 7. The molecule has 0 unspecified atom stereocenters. The molecule has 0 bridgehead atoms. The molecule has 1 aromatic heterocycles. The van der Waals surface area contributed by atoms with Crippen LogP contribution >= 0.6 is 0 Å². The summed E-state index contributed by atoms with van der Waals surface area (Å²) in [6.07, 6.45) is 5.68. The molecular weight excluding hydrogens is 280 g/mol. The van der Waals surface area contributed by atoms with E-state index in [1.165, 1.54) is 18.2 Å². The Morgan fingerprint density at radius 3 is 2.27 bits per heavy atom. The van der Waals surface area contributed by atoms with E-state index in [9.17, 15) is 9.59 Å². The Bertz CT molecular complexity index is 693. The maximum absolute atomic E-state index is 11.7. The standard InChI is InChI=1S/C18H16O4/c19-13-18-11-10-17(22-18)9-8-16(21)12-15(20)7-6-14-4-2-1-3-5-14/h1-11,19H,12-13H2/b7-6+,9-8+. The lowest BCUT2D eigenvalue weighted by Crippen LogP contribution is -2.01. The van der Waals surface area contributed by atoms with Crippen LogP contribution in [0.5, 0.6) is 0 Å². The summed E-state index contributed by atoms with van der Waals surface area (Å²) in [4.78, 5) is 23.4. The Morgan fingerprint density at radius 2 is 1.64 bits per heavy atom. The van der Waals surface area contributed by atoms with Crippen LogP contribution in [0.3, 0.4) is 0 Å². The van der Waals surface area contributed by atoms with Crippen LogP contribution in [-0.4, -0.2) is 16.7 Å². The van der Waals surface area contributed by atoms with Gasteiger partial charge in [0.05, 0.1) is 6.42 Å². The van der Waals surface area contributed by atoms with Gasteiger partial charge in [0.1, 0.15) is 18.1 Å². The van der Waals surface area contributed by atoms with Crippen LogP contribution in [-0.2, 0) is 16.2 Å². The molecular formula is C18H16O4. The first-order chi connectivity index (χ1) is 10.7. The van der Waals surface area contributed by atoms with Crippen LogP contribution in [0, 0.1) is 0 Å². The first kappa shape index (κ1) is 15.7. The third-order valence-electron chi connectivity index (χ3n) is 2.88. The monoisotopic (exact) mass is 296 g/mol. The van der Waals surface area contributed by atoms with Crippen LogP contribution in [0.15, 0.2) is 59.0 Å². The van der Waals surface area contributed by atoms with Crippen LogP contribution < -0.4 is 0 Å². The third-order valence-corrected chi connectivity index (χ3v) is 2.88. The molecule has 1 heterocycles. The highest BCUT2D eigenvalue weighted by molar-refractivity contribution is 6.10. The molecule has 4 nitrogen and oxygen atoms in total. The molecule has 0 radical (unpaired) electrons. The second-order valence-corrected chi connectivity index (χ2v) is 4.65. The summed E-state index contributed by atoms with van der Waals surface area (Å²) in [5.74, 6) is 0.331. The molecule has 1 aromatic carbocycles. The normalized spacial score (nSPS) is 11.3. The first-order valence-electron chi connectivity index (χ1n) is 6.84. The predicted molar refractivity (Wildman–Crippen MR) is 83.8 cm³/mol. The number of furan rings is 1. The van der Waals surface area contributed by atoms with E-state index in [2.05, 4.69) is 0 Å². The molecule has 0 fully saturated rings. The molecule has 0 spiro atoms. The highest BCUT2D eigenvalue weighted by atomic mass is 16.4. The molecule has 112 valence electrons. The number of ketones is 2. The Balaban J connectivity index is 1.86. The minimum absolute atomic E-state index is 0.187. The SMILES string of the molecule is O=C(/C=C/c1ccccc1)CC(=O)/C=C/c1ccc(CO)o1. The molecule has 4 heteroatoms. The zero-order valence-electron chi connectivity index (χ0n) is 11.9. The average Bonchev–Trinajstić information content (AvgIpc) is 3.00. The van der Waals surface area contributed by atoms with Gasteiger partial charge < -0.3 is 9.52 Å². The Morgan fingerprint density at radius 1 is 0.955 bits per heavy atom. The molecule has 0 atom stereocenters. The van der Waals surface area contributed by atoms with E-state index >= 15 is 0 Å². The lowest BCUT2D eigenvalue weighted by molar-refractivity contribution is -0.121. The smallest absolute Gasteiger partial charge is 0.163 e. The molecule has 0 amide bonds. The van der Waals surface area contributed by atoms with Crippen LogP contribution in [0.2, 0.25) is 0 Å². The van der Waals surface area contributed by atoms with Gasteiger partial charge in [-0.1, -0.05) is 36.4 Å². The van der Waals surface area contributed by atoms with E-state index in [4.69, 9.17) is 9.52 Å². The van der Waals surface area contributed by atoms with E-state index < -0.39 is 0 Å². The topological polar surface area (TPSA) is 67.5 Å². The van der Waals surface area contributed by atoms with Crippen molar-refractivity contribution in [2.75, 3.05) is 0 Å². The summed E-state index contributed by atoms with van der Waals surface area (Å²) >= 11 is 0. The molecule has 0 aliphatic rings. The fourth-order valence-electron chi connectivity index (χ4n) is 1.79. The fraction of sp³-hybridized carbons (Fsp3) is 0.111. The number of carbonyl (C=O) groups is 2. The number of aliphatic hydroxyl groups excluding tert-OH is 1. The minimum atomic E-state index is -0.301. The molecule has 1 N–H and O–H groups in total. The van der Waals surface area contributed by atoms with Crippen LogP contribution in [0.1, 0.15) is 23.5 Å². The van der Waals surface area contributed by atoms with Gasteiger partial charge in [-0.25, -0.2) is 0 Å². The van der Waals surface area contributed by atoms with Gasteiger partial charge in [0.2, 0.25) is 0 Å². The molecule has 0 aliphatic carbocycles. The van der Waals surface area contributed by atoms with Gasteiger partial charge in [-0.15, -0.1) is 0 Å². The van der Waals surface area contributed by atoms with E-state index in [0.717, 1.165) is 5.56 Å². The lowest BCUT2D eigenvalue weighted by Gasteiger charge is -1.92. The molecule has 2 rings (SSSR count). The number of allylic oxidation sites excluding steroid dienone is 2. The Kier molecular flexibility index (Phi) is 5.63. The van der Waals surface area contributed by atoms with Gasteiger partial charge in [-0.3, -0.25) is 9.59 Å². The second-order valence-electron chi connectivity index (χ2n) is 4.65. The van der Waals surface area contributed by atoms with Crippen molar-refractivity contribution in [2.24, 2.45) is 0 Å². The molecule has 2 aromatic rings. The predicted octanol–water partition coefficient (Wildman–Crippen LogP) is 3.03. The number of hydrogen-bond donors (Lipinski definition) is 1. The van der Waals surface area contributed by atoms with Crippen LogP contribution in [0.4, 0.5) is 0 Å². The summed E-state index contributed by atoms with van der Waals surface area (Å²) in [7, 11) is 0. The molecule has 22 heavy (non-hydrogen) atoms. The van der Waals surface area contributed by atoms with Crippen molar-refractivity contribution in [1.29, 1.82) is 0 Å². The van der Waals surface area contributed by atoms with Crippen molar-refractivity contribution in [1.82, 2.24) is 0 Å². The lowest BCUT2D eigenvalue weighted by atomic mass is 10.1. The molecule has 0 aliphatic heterocycles. The second kappa shape index (κ2) is 7.90. The number of hydrogen-bond acceptors (Lipinski definition) is 4. The zero-order chi connectivity index (χ0) is 15.8. The number of aliphatic hydroxyl groups is 1. The average molecular weight is 296 g/mol. The van der Waals surface area contributed by atoms with Gasteiger partial charge in [-0.05, 0) is 35.9 Å². The number of carbonyl (C=O) groups excluding carboxylic acids is 2. The fourth-order valence-corrected chi connectivity index (χ4v) is 1.79. The van der Waals surface area contributed by atoms with Crippen molar-refractivity contribution >= 4 is 23.7 Å². The summed E-state index contributed by atoms with van der Waals surface area (Å²) in [6, 6.07) is 12.7. The summed E-state index contributed by atoms with van der Waals surface area (Å²) in [5.41, 5.74) is 0.908. The maximum atomic E-state index is 11.7. The highest BCUT2D eigenvalue weighted by Gasteiger charge is 2.04. The summed E-state index contributed by atoms with van der Waals surface area (Å²) in [6.45, 7) is -0.190. The first-order valence-corrected chi connectivity index (χ1v) is 6.84. The van der Waals surface area contributed by atoms with Crippen LogP contribution in [0.25, 0.3) is 12.2 Å². The molecule has 0 saturated heterocycles. The number of benzene rings is 1. The van der Waals surface area contributed by atoms with E-state index in [1.807, 2.05) is 30.3 Å². The Hall–Kier alpha value is -2.72. The quantitative estimate of drug-likeness (QED) is 0.630. The van der Waals surface area contributed by atoms with E-state index in [1.54, 1.807) is 18.2 Å². The van der Waals surface area contributed by atoms with Crippen molar-refractivity contribution < 1.29 is 19.1 Å². The van der Waals surface area contributed by atoms with Gasteiger partial charge >= 0.3 is 0 Å². The minimum Gasteiger partial charge on any atom is -0.459 e. The van der Waals surface area contributed by atoms with Crippen molar-refractivity contribution in [3.05, 3.63) is 71.7 Å². The van der Waals surface area contributed by atoms with Gasteiger partial charge in [-0.2, -0.15) is 0 Å². The van der Waals surface area contributed by atoms with Crippen molar-refractivity contribution in [3.8, 4) is 0 Å². The maximum Gasteiger partial charge on any atom is 0.163 e. The highest BCUT2D eigenvalue weighted by Crippen LogP contribution is 2.09. The van der Waals surface area contributed by atoms with Crippen molar-refractivity contribution in [2.45, 2.75) is 13.0 Å². The summed E-state index contributed by atoms with van der Waals surface area (Å²) < 4.78 is 5.21. The van der Waals surface area contributed by atoms with E-state index in [-0.39, 0.29) is 24.6 Å². The van der Waals surface area contributed by atoms with Crippen molar-refractivity contribution in [3.63, 3.8) is 0 Å². The van der Waals surface area contributed by atoms with Gasteiger partial charge in [0, 0.05) is 0 Å². The Labute approximate surface area is 128 Å². The largest absolute Gasteiger partial charge is 0.459 e. The summed E-state index contributed by atoms with van der Waals surface area (Å²) in [5, 5.41) is 8.86. The van der Waals surface area contributed by atoms with Gasteiger partial charge in [0.25, 0.3) is 0 Å². The third kappa shape index (κ3) is 5.00. The molecule has 0 saturated carbocycles. The van der Waals surface area contributed by atoms with E-state index in [0.29, 0.717) is 11.5 Å². The zero-order valence-corrected chi connectivity index (χ0v) is 11.9.